The minimum absolute atomic E-state index is 0.205. The highest BCUT2D eigenvalue weighted by molar-refractivity contribution is 8.11. The lowest BCUT2D eigenvalue weighted by atomic mass is 10.4. The molecule has 6 heteroatoms. The summed E-state index contributed by atoms with van der Waals surface area (Å²) in [6.07, 6.45) is 0.886. The number of ether oxygens (including phenoxy) is 1. The predicted octanol–water partition coefficient (Wildman–Crippen LogP) is 1.38. The van der Waals surface area contributed by atoms with Crippen molar-refractivity contribution in [3.63, 3.8) is 0 Å². The van der Waals surface area contributed by atoms with Gasteiger partial charge in [0.05, 0.1) is 11.7 Å². The fourth-order valence-electron chi connectivity index (χ4n) is 0.643. The molecule has 1 unspecified atom stereocenters. The molecule has 0 spiro atoms. The maximum atomic E-state index is 11.2. The smallest absolute Gasteiger partial charge is 0.339 e. The van der Waals surface area contributed by atoms with Crippen LogP contribution in [0.5, 0.6) is 0 Å². The molecule has 0 aromatic rings. The van der Waals surface area contributed by atoms with Gasteiger partial charge in [-0.3, -0.25) is 4.18 Å². The van der Waals surface area contributed by atoms with Crippen molar-refractivity contribution in [2.45, 2.75) is 6.10 Å². The highest BCUT2D eigenvalue weighted by atomic mass is 32.2. The highest BCUT2D eigenvalue weighted by Gasteiger charge is 2.23. The lowest BCUT2D eigenvalue weighted by Crippen LogP contribution is -2.28. The third-order valence-electron chi connectivity index (χ3n) is 1.19. The lowest BCUT2D eigenvalue weighted by molar-refractivity contribution is -0.151. The first-order valence-corrected chi connectivity index (χ1v) is 5.47. The largest absolute Gasteiger partial charge is 0.459 e. The molecule has 1 fully saturated rings. The van der Waals surface area contributed by atoms with Gasteiger partial charge in [0.25, 0.3) is 0 Å². The average molecular weight is 222 g/mol. The summed E-state index contributed by atoms with van der Waals surface area (Å²) in [4.78, 5) is 11.2. The number of rotatable bonds is 3. The second-order valence-corrected chi connectivity index (χ2v) is 3.98. The molecule has 1 rings (SSSR count). The van der Waals surface area contributed by atoms with Gasteiger partial charge in [0.1, 0.15) is 6.61 Å². The van der Waals surface area contributed by atoms with Crippen LogP contribution in [-0.2, 0) is 17.9 Å². The third kappa shape index (κ3) is 4.04. The van der Waals surface area contributed by atoms with Crippen LogP contribution in [0.3, 0.4) is 0 Å². The molecule has 74 valence electrons. The van der Waals surface area contributed by atoms with Gasteiger partial charge in [0, 0.05) is 24.1 Å². The molecule has 0 aliphatic carbocycles. The van der Waals surface area contributed by atoms with E-state index in [2.05, 4.69) is 6.58 Å². The van der Waals surface area contributed by atoms with E-state index in [0.29, 0.717) is 5.08 Å². The van der Waals surface area contributed by atoms with E-state index in [1.165, 1.54) is 30.2 Å². The Kier molecular flexibility index (Phi) is 5.29. The molecule has 1 aliphatic rings. The molecule has 0 N–H and O–H groups in total. The van der Waals surface area contributed by atoms with E-state index in [-0.39, 0.29) is 13.2 Å². The summed E-state index contributed by atoms with van der Waals surface area (Å²) in [5.41, 5.74) is 0. The fraction of sp³-hybridized carbons (Fsp3) is 0.571. The Morgan fingerprint density at radius 3 is 3.31 bits per heavy atom. The van der Waals surface area contributed by atoms with Crippen LogP contribution in [0, 0.1) is 0 Å². The van der Waals surface area contributed by atoms with E-state index >= 15 is 0 Å². The summed E-state index contributed by atoms with van der Waals surface area (Å²) >= 11 is 2.47. The molecule has 1 saturated heterocycles. The minimum atomic E-state index is -0.625. The minimum Gasteiger partial charge on any atom is -0.459 e. The van der Waals surface area contributed by atoms with Crippen LogP contribution in [-0.4, -0.2) is 30.4 Å². The first-order chi connectivity index (χ1) is 6.34. The number of carbonyl (C=O) groups is 1. The Balaban J connectivity index is 2.30. The van der Waals surface area contributed by atoms with Gasteiger partial charge in [-0.05, 0) is 0 Å². The average Bonchev–Trinajstić information content (AvgIpc) is 2.42. The summed E-state index contributed by atoms with van der Waals surface area (Å²) < 4.78 is 15.0. The number of hydrogen-bond acceptors (Lipinski definition) is 6. The second-order valence-electron chi connectivity index (χ2n) is 2.14. The maximum absolute atomic E-state index is 11.2. The van der Waals surface area contributed by atoms with Crippen LogP contribution in [0.4, 0.5) is 0 Å². The first kappa shape index (κ1) is 10.9. The van der Waals surface area contributed by atoms with Gasteiger partial charge in [-0.15, -0.1) is 0 Å². The van der Waals surface area contributed by atoms with Gasteiger partial charge in [0.15, 0.2) is 6.10 Å². The van der Waals surface area contributed by atoms with Crippen molar-refractivity contribution in [2.75, 3.05) is 18.3 Å². The zero-order chi connectivity index (χ0) is 9.52. The molecule has 0 amide bonds. The number of hydrogen-bond donors (Lipinski definition) is 0. The van der Waals surface area contributed by atoms with Gasteiger partial charge >= 0.3 is 5.97 Å². The molecule has 0 aromatic carbocycles. The molecule has 0 aromatic heterocycles. The van der Waals surface area contributed by atoms with Gasteiger partial charge in [-0.25, -0.2) is 4.79 Å². The quantitative estimate of drug-likeness (QED) is 0.408. The summed E-state index contributed by atoms with van der Waals surface area (Å²) in [5.74, 6) is -0.407. The van der Waals surface area contributed by atoms with Crippen molar-refractivity contribution in [1.29, 1.82) is 0 Å². The summed E-state index contributed by atoms with van der Waals surface area (Å²) in [6.45, 7) is 3.87. The monoisotopic (exact) mass is 222 g/mol. The topological polar surface area (TPSA) is 44.8 Å². The first-order valence-electron chi connectivity index (χ1n) is 3.65. The van der Waals surface area contributed by atoms with E-state index in [1.807, 2.05) is 0 Å². The van der Waals surface area contributed by atoms with Crippen LogP contribution in [0.15, 0.2) is 12.7 Å². The van der Waals surface area contributed by atoms with E-state index in [4.69, 9.17) is 13.1 Å². The molecular formula is C7H10O4S2. The summed E-state index contributed by atoms with van der Waals surface area (Å²) in [6, 6.07) is 0. The molecule has 1 atom stereocenters. The zero-order valence-electron chi connectivity index (χ0n) is 6.93. The molecular weight excluding hydrogens is 212 g/mol. The summed E-state index contributed by atoms with van der Waals surface area (Å²) in [7, 11) is 0. The SMILES string of the molecule is C=CCOC(=O)C1COSCSO1. The van der Waals surface area contributed by atoms with Gasteiger partial charge in [-0.1, -0.05) is 12.7 Å². The summed E-state index contributed by atoms with van der Waals surface area (Å²) in [5, 5.41) is 0.658. The zero-order valence-corrected chi connectivity index (χ0v) is 8.57. The van der Waals surface area contributed by atoms with Gasteiger partial charge in [-0.2, -0.15) is 0 Å². The number of carbonyl (C=O) groups excluding carboxylic acids is 1. The Morgan fingerprint density at radius 2 is 2.54 bits per heavy atom. The van der Waals surface area contributed by atoms with E-state index < -0.39 is 12.1 Å². The maximum Gasteiger partial charge on any atom is 0.339 e. The Labute approximate surface area is 85.4 Å². The molecule has 13 heavy (non-hydrogen) atoms. The molecule has 0 saturated carbocycles. The predicted molar refractivity (Wildman–Crippen MR) is 52.0 cm³/mol. The van der Waals surface area contributed by atoms with Crippen molar-refractivity contribution in [3.8, 4) is 0 Å². The fourth-order valence-corrected chi connectivity index (χ4v) is 1.81. The highest BCUT2D eigenvalue weighted by Crippen LogP contribution is 2.22. The van der Waals surface area contributed by atoms with E-state index in [1.54, 1.807) is 0 Å². The van der Waals surface area contributed by atoms with E-state index in [0.717, 1.165) is 0 Å². The van der Waals surface area contributed by atoms with Crippen molar-refractivity contribution in [2.24, 2.45) is 0 Å². The third-order valence-corrected chi connectivity index (χ3v) is 2.63. The Hall–Kier alpha value is -0.170. The Bertz CT molecular complexity index is 177. The van der Waals surface area contributed by atoms with Crippen LogP contribution < -0.4 is 0 Å². The normalized spacial score (nSPS) is 23.2. The van der Waals surface area contributed by atoms with Crippen molar-refractivity contribution in [1.82, 2.24) is 0 Å². The van der Waals surface area contributed by atoms with Crippen LogP contribution in [0.1, 0.15) is 0 Å². The molecule has 4 nitrogen and oxygen atoms in total. The second kappa shape index (κ2) is 6.31. The lowest BCUT2D eigenvalue weighted by Gasteiger charge is -2.10. The van der Waals surface area contributed by atoms with Gasteiger partial charge in [0.2, 0.25) is 0 Å². The number of esters is 1. The standard InChI is InChI=1S/C7H10O4S2/c1-2-3-9-7(8)6-4-10-12-5-13-11-6/h2,6H,1,3-5H2. The molecule has 0 radical (unpaired) electrons. The molecule has 1 aliphatic heterocycles. The van der Waals surface area contributed by atoms with Crippen LogP contribution in [0.25, 0.3) is 0 Å². The van der Waals surface area contributed by atoms with Crippen molar-refractivity contribution in [3.05, 3.63) is 12.7 Å². The van der Waals surface area contributed by atoms with E-state index in [9.17, 15) is 4.79 Å². The van der Waals surface area contributed by atoms with Crippen molar-refractivity contribution >= 4 is 30.1 Å². The molecule has 1 heterocycles. The van der Waals surface area contributed by atoms with Crippen LogP contribution in [0.2, 0.25) is 0 Å². The van der Waals surface area contributed by atoms with Crippen molar-refractivity contribution < 1.29 is 17.9 Å². The van der Waals surface area contributed by atoms with Gasteiger partial charge < -0.3 is 8.92 Å². The molecule has 0 bridgehead atoms. The van der Waals surface area contributed by atoms with Crippen LogP contribution >= 0.6 is 24.1 Å². The Morgan fingerprint density at radius 1 is 1.69 bits per heavy atom.